The number of aryl methyl sites for hydroxylation is 1. The molecule has 0 atom stereocenters. The summed E-state index contributed by atoms with van der Waals surface area (Å²) in [6.45, 7) is 1.84. The molecule has 1 heterocycles. The Labute approximate surface area is 108 Å². The van der Waals surface area contributed by atoms with E-state index in [2.05, 4.69) is 9.97 Å². The minimum absolute atomic E-state index is 0.0163. The molecule has 0 aliphatic carbocycles. The van der Waals surface area contributed by atoms with Gasteiger partial charge in [0.2, 0.25) is 5.88 Å². The predicted molar refractivity (Wildman–Crippen MR) is 67.7 cm³/mol. The monoisotopic (exact) mass is 260 g/mol. The molecule has 0 aliphatic heterocycles. The number of carboxylic acids is 1. The number of aromatic nitrogens is 2. The van der Waals surface area contributed by atoms with Gasteiger partial charge in [0, 0.05) is 6.42 Å². The van der Waals surface area contributed by atoms with E-state index < -0.39 is 5.97 Å². The van der Waals surface area contributed by atoms with E-state index >= 15 is 0 Å². The first-order valence-electron chi connectivity index (χ1n) is 5.70. The molecule has 2 rings (SSSR count). The minimum Gasteiger partial charge on any atom is -0.478 e. The van der Waals surface area contributed by atoms with Crippen molar-refractivity contribution in [1.82, 2.24) is 9.97 Å². The highest BCUT2D eigenvalue weighted by atomic mass is 16.5. The Kier molecular flexibility index (Phi) is 3.61. The molecule has 0 amide bonds. The zero-order chi connectivity index (χ0) is 13.8. The van der Waals surface area contributed by atoms with Crippen LogP contribution in [0.25, 0.3) is 0 Å². The topological polar surface area (TPSA) is 92.3 Å². The number of carbonyl (C=O) groups is 1. The largest absolute Gasteiger partial charge is 0.478 e. The molecule has 1 aromatic carbocycles. The second-order valence-electron chi connectivity index (χ2n) is 3.79. The van der Waals surface area contributed by atoms with Crippen LogP contribution in [0, 0.1) is 0 Å². The first-order valence-corrected chi connectivity index (χ1v) is 5.70. The SMILES string of the molecule is CCc1nc(Oc2ccccc2C(=O)O)cc(=O)[nH]1. The lowest BCUT2D eigenvalue weighted by atomic mass is 10.2. The van der Waals surface area contributed by atoms with Gasteiger partial charge in [-0.2, -0.15) is 4.98 Å². The number of hydrogen-bond acceptors (Lipinski definition) is 4. The van der Waals surface area contributed by atoms with E-state index in [0.29, 0.717) is 12.2 Å². The quantitative estimate of drug-likeness (QED) is 0.874. The normalized spacial score (nSPS) is 10.2. The molecule has 0 unspecified atom stereocenters. The maximum atomic E-state index is 11.4. The molecule has 98 valence electrons. The minimum atomic E-state index is -1.10. The highest BCUT2D eigenvalue weighted by Gasteiger charge is 2.12. The zero-order valence-corrected chi connectivity index (χ0v) is 10.2. The fourth-order valence-corrected chi connectivity index (χ4v) is 1.55. The fourth-order valence-electron chi connectivity index (χ4n) is 1.55. The first kappa shape index (κ1) is 12.8. The van der Waals surface area contributed by atoms with E-state index in [1.54, 1.807) is 12.1 Å². The third-order valence-electron chi connectivity index (χ3n) is 2.43. The standard InChI is InChI=1S/C13H12N2O4/c1-2-10-14-11(16)7-12(15-10)19-9-6-4-3-5-8(9)13(17)18/h3-7H,2H2,1H3,(H,17,18)(H,14,15,16). The van der Waals surface area contributed by atoms with Crippen LogP contribution < -0.4 is 10.3 Å². The molecule has 0 radical (unpaired) electrons. The lowest BCUT2D eigenvalue weighted by Gasteiger charge is -2.08. The Morgan fingerprint density at radius 1 is 1.42 bits per heavy atom. The number of aromatic carboxylic acids is 1. The van der Waals surface area contributed by atoms with Crippen LogP contribution in [0.15, 0.2) is 35.1 Å². The number of nitrogens with zero attached hydrogens (tertiary/aromatic N) is 1. The summed E-state index contributed by atoms with van der Waals surface area (Å²) in [6.07, 6.45) is 0.549. The van der Waals surface area contributed by atoms with E-state index in [-0.39, 0.29) is 22.8 Å². The lowest BCUT2D eigenvalue weighted by molar-refractivity contribution is 0.0694. The van der Waals surface area contributed by atoms with E-state index in [0.717, 1.165) is 0 Å². The van der Waals surface area contributed by atoms with Crippen molar-refractivity contribution in [3.05, 3.63) is 52.1 Å². The van der Waals surface area contributed by atoms with E-state index in [9.17, 15) is 9.59 Å². The van der Waals surface area contributed by atoms with Gasteiger partial charge in [-0.3, -0.25) is 4.79 Å². The van der Waals surface area contributed by atoms with Crippen molar-refractivity contribution in [1.29, 1.82) is 0 Å². The summed E-state index contributed by atoms with van der Waals surface area (Å²) in [5, 5.41) is 9.03. The highest BCUT2D eigenvalue weighted by Crippen LogP contribution is 2.23. The summed E-state index contributed by atoms with van der Waals surface area (Å²) < 4.78 is 5.38. The van der Waals surface area contributed by atoms with Crippen molar-refractivity contribution >= 4 is 5.97 Å². The van der Waals surface area contributed by atoms with Crippen molar-refractivity contribution in [3.8, 4) is 11.6 Å². The third kappa shape index (κ3) is 2.98. The van der Waals surface area contributed by atoms with E-state index in [1.165, 1.54) is 18.2 Å². The van der Waals surface area contributed by atoms with Gasteiger partial charge in [-0.25, -0.2) is 4.79 Å². The summed E-state index contributed by atoms with van der Waals surface area (Å²) in [5.74, 6) is -0.393. The van der Waals surface area contributed by atoms with Crippen LogP contribution in [0.2, 0.25) is 0 Å². The van der Waals surface area contributed by atoms with Crippen LogP contribution >= 0.6 is 0 Å². The van der Waals surface area contributed by atoms with Gasteiger partial charge in [0.05, 0.1) is 6.07 Å². The Hall–Kier alpha value is -2.63. The summed E-state index contributed by atoms with van der Waals surface area (Å²) in [7, 11) is 0. The lowest BCUT2D eigenvalue weighted by Crippen LogP contribution is -2.10. The smallest absolute Gasteiger partial charge is 0.339 e. The summed E-state index contributed by atoms with van der Waals surface area (Å²) in [5.41, 5.74) is -0.322. The molecule has 0 spiro atoms. The molecular weight excluding hydrogens is 248 g/mol. The number of nitrogens with one attached hydrogen (secondary N) is 1. The molecule has 19 heavy (non-hydrogen) atoms. The number of ether oxygens (including phenoxy) is 1. The molecule has 0 saturated carbocycles. The molecule has 0 fully saturated rings. The average molecular weight is 260 g/mol. The van der Waals surface area contributed by atoms with Crippen molar-refractivity contribution < 1.29 is 14.6 Å². The molecule has 0 saturated heterocycles. The Morgan fingerprint density at radius 2 is 2.16 bits per heavy atom. The molecule has 0 aliphatic rings. The van der Waals surface area contributed by atoms with Gasteiger partial charge in [0.25, 0.3) is 5.56 Å². The number of benzene rings is 1. The van der Waals surface area contributed by atoms with Crippen molar-refractivity contribution in [2.24, 2.45) is 0 Å². The Bertz CT molecular complexity index is 664. The predicted octanol–water partition coefficient (Wildman–Crippen LogP) is 1.82. The van der Waals surface area contributed by atoms with E-state index in [1.807, 2.05) is 6.92 Å². The average Bonchev–Trinajstić information content (AvgIpc) is 2.38. The van der Waals surface area contributed by atoms with Gasteiger partial charge in [0.1, 0.15) is 17.1 Å². The highest BCUT2D eigenvalue weighted by molar-refractivity contribution is 5.90. The van der Waals surface area contributed by atoms with Crippen molar-refractivity contribution in [2.75, 3.05) is 0 Å². The zero-order valence-electron chi connectivity index (χ0n) is 10.2. The third-order valence-corrected chi connectivity index (χ3v) is 2.43. The van der Waals surface area contributed by atoms with Gasteiger partial charge in [-0.05, 0) is 12.1 Å². The van der Waals surface area contributed by atoms with Crippen LogP contribution in [-0.4, -0.2) is 21.0 Å². The molecular formula is C13H12N2O4. The molecule has 1 aromatic heterocycles. The summed E-state index contributed by atoms with van der Waals surface area (Å²) >= 11 is 0. The van der Waals surface area contributed by atoms with Gasteiger partial charge < -0.3 is 14.8 Å². The maximum absolute atomic E-state index is 11.4. The second-order valence-corrected chi connectivity index (χ2v) is 3.79. The number of para-hydroxylation sites is 1. The summed E-state index contributed by atoms with van der Waals surface area (Å²) in [6, 6.07) is 7.36. The van der Waals surface area contributed by atoms with Crippen LogP contribution in [-0.2, 0) is 6.42 Å². The second kappa shape index (κ2) is 5.34. The number of hydrogen-bond donors (Lipinski definition) is 2. The molecule has 2 N–H and O–H groups in total. The Balaban J connectivity index is 2.39. The van der Waals surface area contributed by atoms with Gasteiger partial charge in [0.15, 0.2) is 0 Å². The van der Waals surface area contributed by atoms with Gasteiger partial charge >= 0.3 is 5.97 Å². The molecule has 0 bridgehead atoms. The van der Waals surface area contributed by atoms with Crippen molar-refractivity contribution in [2.45, 2.75) is 13.3 Å². The molecule has 6 heteroatoms. The van der Waals surface area contributed by atoms with Gasteiger partial charge in [-0.1, -0.05) is 19.1 Å². The fraction of sp³-hybridized carbons (Fsp3) is 0.154. The molecule has 2 aromatic rings. The number of rotatable bonds is 4. The maximum Gasteiger partial charge on any atom is 0.339 e. The number of aromatic amines is 1. The van der Waals surface area contributed by atoms with Crippen LogP contribution in [0.3, 0.4) is 0 Å². The Morgan fingerprint density at radius 3 is 2.84 bits per heavy atom. The van der Waals surface area contributed by atoms with Crippen LogP contribution in [0.5, 0.6) is 11.6 Å². The van der Waals surface area contributed by atoms with Crippen molar-refractivity contribution in [3.63, 3.8) is 0 Å². The van der Waals surface area contributed by atoms with E-state index in [4.69, 9.17) is 9.84 Å². The van der Waals surface area contributed by atoms with Crippen LogP contribution in [0.4, 0.5) is 0 Å². The molecule has 6 nitrogen and oxygen atoms in total. The van der Waals surface area contributed by atoms with Crippen LogP contribution in [0.1, 0.15) is 23.1 Å². The summed E-state index contributed by atoms with van der Waals surface area (Å²) in [4.78, 5) is 29.1. The first-order chi connectivity index (χ1) is 9.10. The number of H-pyrrole nitrogens is 1. The number of carboxylic acid groups (broad SMARTS) is 1. The van der Waals surface area contributed by atoms with Gasteiger partial charge in [-0.15, -0.1) is 0 Å².